The number of nitrogens with one attached hydrogen (secondary N) is 1. The molecular weight excluding hydrogens is 330 g/mol. The molecule has 0 aliphatic rings. The molecule has 0 atom stereocenters. The number of carbonyl (C=O) groups is 1. The zero-order chi connectivity index (χ0) is 13.4. The third kappa shape index (κ3) is 1.91. The van der Waals surface area contributed by atoms with Crippen molar-refractivity contribution in [2.45, 2.75) is 0 Å². The van der Waals surface area contributed by atoms with Crippen LogP contribution in [0.4, 0.5) is 18.6 Å². The largest absolute Gasteiger partial charge is 0.465 e. The number of halogens is 3. The first kappa shape index (κ1) is 12.7. The summed E-state index contributed by atoms with van der Waals surface area (Å²) in [6, 6.07) is 2.42. The highest BCUT2D eigenvalue weighted by Gasteiger charge is 2.21. The molecule has 0 fully saturated rings. The van der Waals surface area contributed by atoms with E-state index in [0.29, 0.717) is 6.07 Å². The normalized spacial score (nSPS) is 10.3. The Morgan fingerprint density at radius 1 is 1.50 bits per heavy atom. The Labute approximate surface area is 112 Å². The highest BCUT2D eigenvalue weighted by atomic mass is 79.9. The van der Waals surface area contributed by atoms with Crippen molar-refractivity contribution in [2.24, 2.45) is 0 Å². The summed E-state index contributed by atoms with van der Waals surface area (Å²) in [4.78, 5) is 10.6. The van der Waals surface area contributed by atoms with E-state index < -0.39 is 17.7 Å². The number of anilines is 1. The monoisotopic (exact) mass is 332 g/mol. The third-order valence-electron chi connectivity index (χ3n) is 2.14. The fourth-order valence-corrected chi connectivity index (χ4v) is 3.16. The first-order valence-corrected chi connectivity index (χ1v) is 6.06. The molecule has 0 unspecified atom stereocenters. The molecule has 92 valence electrons. The van der Waals surface area contributed by atoms with Crippen molar-refractivity contribution in [3.05, 3.63) is 27.7 Å². The van der Waals surface area contributed by atoms with Crippen LogP contribution in [0.3, 0.4) is 0 Å². The van der Waals surface area contributed by atoms with Crippen LogP contribution in [0.5, 0.6) is 0 Å². The number of nitrogens with zero attached hydrogens (tertiary/aromatic N) is 1. The average Bonchev–Trinajstić information content (AvgIpc) is 2.64. The third-order valence-corrected chi connectivity index (χ3v) is 4.03. The summed E-state index contributed by atoms with van der Waals surface area (Å²) in [7, 11) is 0. The van der Waals surface area contributed by atoms with E-state index in [4.69, 9.17) is 10.4 Å². The maximum Gasteiger partial charge on any atom is 0.409 e. The molecule has 2 N–H and O–H groups in total. The summed E-state index contributed by atoms with van der Waals surface area (Å²) in [6.45, 7) is 0. The van der Waals surface area contributed by atoms with Crippen molar-refractivity contribution in [1.29, 1.82) is 5.26 Å². The van der Waals surface area contributed by atoms with Crippen molar-refractivity contribution < 1.29 is 18.7 Å². The minimum atomic E-state index is -1.38. The number of amides is 1. The molecule has 1 aromatic heterocycles. The van der Waals surface area contributed by atoms with Crippen LogP contribution in [-0.4, -0.2) is 11.2 Å². The first-order chi connectivity index (χ1) is 8.45. The molecule has 0 aliphatic carbocycles. The smallest absolute Gasteiger partial charge is 0.409 e. The number of hydrogen-bond acceptors (Lipinski definition) is 3. The SMILES string of the molecule is N#Cc1c(NC(=O)O)sc2c(F)cc(F)c(Br)c12. The molecule has 0 radical (unpaired) electrons. The molecular formula is C10H3BrF2N2O2S. The van der Waals surface area contributed by atoms with E-state index in [0.717, 1.165) is 11.3 Å². The predicted molar refractivity (Wildman–Crippen MR) is 65.8 cm³/mol. The summed E-state index contributed by atoms with van der Waals surface area (Å²) in [5.41, 5.74) is -0.109. The topological polar surface area (TPSA) is 73.1 Å². The lowest BCUT2D eigenvalue weighted by atomic mass is 10.1. The van der Waals surface area contributed by atoms with E-state index in [2.05, 4.69) is 15.9 Å². The van der Waals surface area contributed by atoms with Gasteiger partial charge in [-0.1, -0.05) is 0 Å². The second kappa shape index (κ2) is 4.51. The quantitative estimate of drug-likeness (QED) is 0.777. The van der Waals surface area contributed by atoms with Gasteiger partial charge in [0.1, 0.15) is 22.7 Å². The van der Waals surface area contributed by atoms with Gasteiger partial charge in [0.2, 0.25) is 0 Å². The highest BCUT2D eigenvalue weighted by molar-refractivity contribution is 9.10. The van der Waals surface area contributed by atoms with E-state index in [9.17, 15) is 13.6 Å². The molecule has 0 saturated heterocycles. The highest BCUT2D eigenvalue weighted by Crippen LogP contribution is 2.41. The van der Waals surface area contributed by atoms with Crippen molar-refractivity contribution in [3.63, 3.8) is 0 Å². The molecule has 0 aliphatic heterocycles. The fraction of sp³-hybridized carbons (Fsp3) is 0. The van der Waals surface area contributed by atoms with Crippen LogP contribution < -0.4 is 5.32 Å². The van der Waals surface area contributed by atoms with Crippen LogP contribution >= 0.6 is 27.3 Å². The van der Waals surface area contributed by atoms with E-state index in [1.807, 2.05) is 5.32 Å². The second-order valence-electron chi connectivity index (χ2n) is 3.21. The standard InChI is InChI=1S/C10H3BrF2N2O2S/c11-7-4(12)1-5(13)8-6(7)3(2-14)9(18-8)15-10(16)17/h1,15H,(H,16,17). The first-order valence-electron chi connectivity index (χ1n) is 4.45. The molecule has 2 rings (SSSR count). The van der Waals surface area contributed by atoms with Crippen LogP contribution in [0.1, 0.15) is 5.56 Å². The van der Waals surface area contributed by atoms with Gasteiger partial charge < -0.3 is 5.11 Å². The minimum Gasteiger partial charge on any atom is -0.465 e. The lowest BCUT2D eigenvalue weighted by molar-refractivity contribution is 0.210. The number of benzene rings is 1. The fourth-order valence-electron chi connectivity index (χ4n) is 1.46. The molecule has 1 aromatic carbocycles. The molecule has 4 nitrogen and oxygen atoms in total. The molecule has 18 heavy (non-hydrogen) atoms. The van der Waals surface area contributed by atoms with Gasteiger partial charge in [0, 0.05) is 11.5 Å². The number of fused-ring (bicyclic) bond motifs is 1. The molecule has 2 aromatic rings. The van der Waals surface area contributed by atoms with Gasteiger partial charge in [0.25, 0.3) is 0 Å². The van der Waals surface area contributed by atoms with Crippen molar-refractivity contribution in [2.75, 3.05) is 5.32 Å². The van der Waals surface area contributed by atoms with Gasteiger partial charge in [0.05, 0.1) is 14.7 Å². The van der Waals surface area contributed by atoms with E-state index in [1.54, 1.807) is 6.07 Å². The van der Waals surface area contributed by atoms with Gasteiger partial charge >= 0.3 is 6.09 Å². The average molecular weight is 333 g/mol. The van der Waals surface area contributed by atoms with E-state index in [-0.39, 0.29) is 25.1 Å². The van der Waals surface area contributed by atoms with Crippen LogP contribution in [0.2, 0.25) is 0 Å². The van der Waals surface area contributed by atoms with Gasteiger partial charge in [-0.15, -0.1) is 11.3 Å². The van der Waals surface area contributed by atoms with Crippen molar-refractivity contribution in [1.82, 2.24) is 0 Å². The maximum absolute atomic E-state index is 13.6. The van der Waals surface area contributed by atoms with E-state index in [1.165, 1.54) is 0 Å². The van der Waals surface area contributed by atoms with Gasteiger partial charge in [-0.2, -0.15) is 5.26 Å². The molecule has 1 heterocycles. The maximum atomic E-state index is 13.6. The number of carboxylic acid groups (broad SMARTS) is 1. The van der Waals surface area contributed by atoms with Crippen LogP contribution in [0.25, 0.3) is 10.1 Å². The van der Waals surface area contributed by atoms with Gasteiger partial charge in [-0.3, -0.25) is 5.32 Å². The Kier molecular flexibility index (Phi) is 3.19. The summed E-state index contributed by atoms with van der Waals surface area (Å²) in [5.74, 6) is -1.69. The second-order valence-corrected chi connectivity index (χ2v) is 5.02. The van der Waals surface area contributed by atoms with E-state index >= 15 is 0 Å². The van der Waals surface area contributed by atoms with Crippen molar-refractivity contribution in [3.8, 4) is 6.07 Å². The Balaban J connectivity index is 2.86. The Morgan fingerprint density at radius 3 is 2.72 bits per heavy atom. The molecule has 0 bridgehead atoms. The molecule has 1 amide bonds. The zero-order valence-electron chi connectivity index (χ0n) is 8.42. The Morgan fingerprint density at radius 2 is 2.17 bits per heavy atom. The molecule has 0 saturated carbocycles. The summed E-state index contributed by atoms with van der Waals surface area (Å²) in [6.07, 6.45) is -1.38. The Hall–Kier alpha value is -1.72. The van der Waals surface area contributed by atoms with Crippen LogP contribution in [0.15, 0.2) is 10.5 Å². The number of thiophene rings is 1. The van der Waals surface area contributed by atoms with Gasteiger partial charge in [-0.05, 0) is 15.9 Å². The molecule has 8 heteroatoms. The lowest BCUT2D eigenvalue weighted by Gasteiger charge is -1.99. The van der Waals surface area contributed by atoms with Crippen LogP contribution in [0, 0.1) is 23.0 Å². The van der Waals surface area contributed by atoms with Crippen LogP contribution in [-0.2, 0) is 0 Å². The summed E-state index contributed by atoms with van der Waals surface area (Å²) in [5, 5.41) is 19.6. The molecule has 0 spiro atoms. The lowest BCUT2D eigenvalue weighted by Crippen LogP contribution is -2.06. The Bertz CT molecular complexity index is 708. The zero-order valence-corrected chi connectivity index (χ0v) is 10.8. The number of nitriles is 1. The van der Waals surface area contributed by atoms with Gasteiger partial charge in [-0.25, -0.2) is 13.6 Å². The number of rotatable bonds is 1. The summed E-state index contributed by atoms with van der Waals surface area (Å²) >= 11 is 3.67. The predicted octanol–water partition coefficient (Wildman–Crippen LogP) is 3.90. The summed E-state index contributed by atoms with van der Waals surface area (Å²) < 4.78 is 26.9. The van der Waals surface area contributed by atoms with Gasteiger partial charge in [0.15, 0.2) is 0 Å². The minimum absolute atomic E-state index is 0.0172. The van der Waals surface area contributed by atoms with Crippen molar-refractivity contribution >= 4 is 48.4 Å². The number of hydrogen-bond donors (Lipinski definition) is 2.